The number of halogens is 1. The monoisotopic (exact) mass is 583 g/mol. The molecule has 0 bridgehead atoms. The van der Waals surface area contributed by atoms with Crippen LogP contribution in [0, 0.1) is 12.8 Å². The minimum absolute atomic E-state index is 0.237. The van der Waals surface area contributed by atoms with E-state index < -0.39 is 35.2 Å². The summed E-state index contributed by atoms with van der Waals surface area (Å²) < 4.78 is 5.51. The Morgan fingerprint density at radius 3 is 2.24 bits per heavy atom. The normalized spacial score (nSPS) is 13.9. The number of alkyl carbamates (subject to hydrolysis) is 1. The van der Waals surface area contributed by atoms with E-state index in [0.29, 0.717) is 29.1 Å². The maximum Gasteiger partial charge on any atom is 0.408 e. The lowest BCUT2D eigenvalue weighted by Crippen LogP contribution is -2.60. The number of para-hydroxylation sites is 1. The Morgan fingerprint density at radius 1 is 1.07 bits per heavy atom. The minimum atomic E-state index is -1.04. The van der Waals surface area contributed by atoms with Crippen molar-refractivity contribution >= 4 is 41.3 Å². The quantitative estimate of drug-likeness (QED) is 0.281. The number of nitrogens with one attached hydrogen (secondary N) is 2. The Morgan fingerprint density at radius 2 is 1.71 bits per heavy atom. The Hall–Kier alpha value is -3.32. The van der Waals surface area contributed by atoms with Crippen molar-refractivity contribution in [2.24, 2.45) is 5.92 Å². The molecule has 0 heterocycles. The van der Waals surface area contributed by atoms with E-state index in [1.165, 1.54) is 0 Å². The molecule has 0 aliphatic rings. The van der Waals surface area contributed by atoms with Crippen LogP contribution in [0.3, 0.4) is 0 Å². The number of carbonyl (C=O) groups is 3. The number of benzene rings is 2. The molecular formula is C33H46ClN3O4. The number of hydrogen-bond acceptors (Lipinski definition) is 4. The van der Waals surface area contributed by atoms with Crippen molar-refractivity contribution in [2.45, 2.75) is 98.4 Å². The summed E-state index contributed by atoms with van der Waals surface area (Å²) in [7, 11) is 0. The topological polar surface area (TPSA) is 87.7 Å². The van der Waals surface area contributed by atoms with Crippen LogP contribution in [0.4, 0.5) is 10.5 Å². The zero-order valence-electron chi connectivity index (χ0n) is 25.9. The van der Waals surface area contributed by atoms with Crippen LogP contribution >= 0.6 is 11.6 Å². The predicted molar refractivity (Wildman–Crippen MR) is 168 cm³/mol. The van der Waals surface area contributed by atoms with Gasteiger partial charge in [-0.25, -0.2) is 4.79 Å². The second-order valence-corrected chi connectivity index (χ2v) is 12.5. The van der Waals surface area contributed by atoms with E-state index in [4.69, 9.17) is 16.3 Å². The van der Waals surface area contributed by atoms with Crippen LogP contribution in [0.25, 0.3) is 6.08 Å². The first-order valence-electron chi connectivity index (χ1n) is 14.2. The average molecular weight is 584 g/mol. The average Bonchev–Trinajstić information content (AvgIpc) is 2.90. The van der Waals surface area contributed by atoms with Crippen LogP contribution in [-0.4, -0.2) is 40.0 Å². The van der Waals surface area contributed by atoms with Crippen LogP contribution in [0.1, 0.15) is 91.0 Å². The molecule has 0 fully saturated rings. The number of amides is 3. The van der Waals surface area contributed by atoms with Crippen molar-refractivity contribution in [3.63, 3.8) is 0 Å². The van der Waals surface area contributed by atoms with Crippen molar-refractivity contribution in [2.75, 3.05) is 5.32 Å². The lowest BCUT2D eigenvalue weighted by atomic mass is 9.89. The molecule has 0 aliphatic carbocycles. The van der Waals surface area contributed by atoms with E-state index in [1.807, 2.05) is 77.9 Å². The molecule has 0 saturated heterocycles. The van der Waals surface area contributed by atoms with Gasteiger partial charge in [-0.2, -0.15) is 0 Å². The van der Waals surface area contributed by atoms with Crippen LogP contribution in [0.15, 0.2) is 49.0 Å². The SMILES string of the molecule is C=Cc1cccc(C(C(=O)Nc2c(C)cccc2Cl)N(C(=O)C(NC(=O)OC(C)(C)C)C(C)CC)C(C)(C)CC)c1. The molecule has 2 rings (SSSR count). The number of carbonyl (C=O) groups excluding carboxylic acids is 3. The molecule has 224 valence electrons. The Balaban J connectivity index is 2.74. The molecule has 41 heavy (non-hydrogen) atoms. The lowest BCUT2D eigenvalue weighted by Gasteiger charge is -2.45. The van der Waals surface area contributed by atoms with Crippen LogP contribution in [0.2, 0.25) is 5.02 Å². The van der Waals surface area contributed by atoms with Crippen molar-refractivity contribution in [3.8, 4) is 0 Å². The molecule has 0 aliphatic heterocycles. The van der Waals surface area contributed by atoms with Crippen molar-refractivity contribution in [3.05, 3.63) is 70.8 Å². The Bertz CT molecular complexity index is 1230. The summed E-state index contributed by atoms with van der Waals surface area (Å²) in [6.07, 6.45) is 2.18. The second-order valence-electron chi connectivity index (χ2n) is 12.1. The van der Waals surface area contributed by atoms with E-state index >= 15 is 0 Å². The van der Waals surface area contributed by atoms with Gasteiger partial charge in [0, 0.05) is 5.54 Å². The third kappa shape index (κ3) is 8.83. The van der Waals surface area contributed by atoms with Gasteiger partial charge in [0.15, 0.2) is 0 Å². The molecule has 2 N–H and O–H groups in total. The highest BCUT2D eigenvalue weighted by Crippen LogP contribution is 2.35. The highest BCUT2D eigenvalue weighted by Gasteiger charge is 2.44. The number of rotatable bonds is 11. The fourth-order valence-corrected chi connectivity index (χ4v) is 4.74. The summed E-state index contributed by atoms with van der Waals surface area (Å²) in [6, 6.07) is 10.8. The lowest BCUT2D eigenvalue weighted by molar-refractivity contribution is -0.148. The number of hydrogen-bond donors (Lipinski definition) is 2. The van der Waals surface area contributed by atoms with Gasteiger partial charge < -0.3 is 20.3 Å². The van der Waals surface area contributed by atoms with Crippen molar-refractivity contribution < 1.29 is 19.1 Å². The van der Waals surface area contributed by atoms with E-state index in [-0.39, 0.29) is 11.8 Å². The van der Waals surface area contributed by atoms with Gasteiger partial charge in [0.05, 0.1) is 10.7 Å². The maximum absolute atomic E-state index is 14.6. The molecule has 2 aromatic carbocycles. The van der Waals surface area contributed by atoms with Crippen LogP contribution in [0.5, 0.6) is 0 Å². The Labute approximate surface area is 250 Å². The van der Waals surface area contributed by atoms with Gasteiger partial charge in [0.25, 0.3) is 5.91 Å². The van der Waals surface area contributed by atoms with E-state index in [9.17, 15) is 14.4 Å². The number of ether oxygens (including phenoxy) is 1. The molecule has 0 spiro atoms. The van der Waals surface area contributed by atoms with Gasteiger partial charge in [0.1, 0.15) is 17.7 Å². The summed E-state index contributed by atoms with van der Waals surface area (Å²) in [5, 5.41) is 6.21. The van der Waals surface area contributed by atoms with Gasteiger partial charge in [-0.05, 0) is 82.7 Å². The molecule has 0 radical (unpaired) electrons. The van der Waals surface area contributed by atoms with Gasteiger partial charge >= 0.3 is 6.09 Å². The zero-order valence-corrected chi connectivity index (χ0v) is 26.7. The molecule has 7 nitrogen and oxygen atoms in total. The van der Waals surface area contributed by atoms with E-state index in [1.54, 1.807) is 37.8 Å². The first-order chi connectivity index (χ1) is 19.1. The van der Waals surface area contributed by atoms with Crippen LogP contribution < -0.4 is 10.6 Å². The van der Waals surface area contributed by atoms with Crippen LogP contribution in [-0.2, 0) is 14.3 Å². The molecule has 3 amide bonds. The molecule has 3 atom stereocenters. The minimum Gasteiger partial charge on any atom is -0.444 e. The van der Waals surface area contributed by atoms with Crippen molar-refractivity contribution in [1.82, 2.24) is 10.2 Å². The summed E-state index contributed by atoms with van der Waals surface area (Å²) in [4.78, 5) is 43.4. The molecule has 0 aromatic heterocycles. The Kier molecular flexibility index (Phi) is 11.6. The number of nitrogens with zero attached hydrogens (tertiary/aromatic N) is 1. The second kappa shape index (κ2) is 14.0. The first-order valence-corrected chi connectivity index (χ1v) is 14.5. The van der Waals surface area contributed by atoms with Crippen molar-refractivity contribution in [1.29, 1.82) is 0 Å². The molecular weight excluding hydrogens is 538 g/mol. The fraction of sp³-hybridized carbons (Fsp3) is 0.485. The molecule has 2 aromatic rings. The fourth-order valence-electron chi connectivity index (χ4n) is 4.47. The summed E-state index contributed by atoms with van der Waals surface area (Å²) in [5.74, 6) is -1.03. The maximum atomic E-state index is 14.6. The van der Waals surface area contributed by atoms with E-state index in [0.717, 1.165) is 11.1 Å². The predicted octanol–water partition coefficient (Wildman–Crippen LogP) is 7.93. The van der Waals surface area contributed by atoms with Gasteiger partial charge in [-0.15, -0.1) is 0 Å². The summed E-state index contributed by atoms with van der Waals surface area (Å²) in [6.45, 7) is 20.7. The van der Waals surface area contributed by atoms with E-state index in [2.05, 4.69) is 17.2 Å². The molecule has 3 unspecified atom stereocenters. The number of anilines is 1. The molecule has 8 heteroatoms. The highest BCUT2D eigenvalue weighted by atomic mass is 35.5. The summed E-state index contributed by atoms with van der Waals surface area (Å²) in [5.41, 5.74) is 1.17. The first kappa shape index (κ1) is 33.9. The van der Waals surface area contributed by atoms with Gasteiger partial charge in [0.2, 0.25) is 5.91 Å². The third-order valence-corrected chi connectivity index (χ3v) is 7.66. The largest absolute Gasteiger partial charge is 0.444 e. The smallest absolute Gasteiger partial charge is 0.408 e. The molecule has 0 saturated carbocycles. The number of aryl methyl sites for hydroxylation is 1. The standard InChI is InChI=1S/C33H46ClN3O4/c1-11-21(4)27(36-31(40)41-32(6,7)8)30(39)37(33(9,10)13-3)28(24-18-15-17-23(12-2)20-24)29(38)35-26-22(5)16-14-19-25(26)34/h12,14-21,27-28H,2,11,13H2,1,3-10H3,(H,35,38)(H,36,40). The van der Waals surface area contributed by atoms with Gasteiger partial charge in [-0.1, -0.05) is 81.8 Å². The van der Waals surface area contributed by atoms with Gasteiger partial charge in [-0.3, -0.25) is 9.59 Å². The summed E-state index contributed by atoms with van der Waals surface area (Å²) >= 11 is 6.48. The third-order valence-electron chi connectivity index (χ3n) is 7.34. The highest BCUT2D eigenvalue weighted by molar-refractivity contribution is 6.34. The zero-order chi connectivity index (χ0) is 31.1.